The number of hydrogen-bond donors (Lipinski definition) is 2. The van der Waals surface area contributed by atoms with Crippen molar-refractivity contribution < 1.29 is 4.21 Å². The van der Waals surface area contributed by atoms with Crippen LogP contribution in [-0.4, -0.2) is 19.4 Å². The summed E-state index contributed by atoms with van der Waals surface area (Å²) < 4.78 is 11.7. The zero-order chi connectivity index (χ0) is 10.7. The average Bonchev–Trinajstić information content (AvgIpc) is 2.66. The van der Waals surface area contributed by atoms with E-state index in [1.165, 1.54) is 0 Å². The highest BCUT2D eigenvalue weighted by Crippen LogP contribution is 2.08. The third-order valence-corrected chi connectivity index (χ3v) is 3.05. The van der Waals surface area contributed by atoms with Crippen LogP contribution in [-0.2, 0) is 16.6 Å². The van der Waals surface area contributed by atoms with Crippen molar-refractivity contribution in [3.63, 3.8) is 0 Å². The first-order valence-corrected chi connectivity index (χ1v) is 5.68. The van der Waals surface area contributed by atoms with Gasteiger partial charge in [0.05, 0.1) is 16.6 Å². The first-order chi connectivity index (χ1) is 7.25. The van der Waals surface area contributed by atoms with Gasteiger partial charge in [0.15, 0.2) is 0 Å². The van der Waals surface area contributed by atoms with E-state index < -0.39 is 10.8 Å². The van der Waals surface area contributed by atoms with Gasteiger partial charge in [-0.1, -0.05) is 30.3 Å². The highest BCUT2D eigenvalue weighted by Gasteiger charge is 2.09. The fourth-order valence-corrected chi connectivity index (χ4v) is 2.13. The van der Waals surface area contributed by atoms with Crippen molar-refractivity contribution in [1.29, 1.82) is 0 Å². The molecule has 0 aliphatic carbocycles. The lowest BCUT2D eigenvalue weighted by atomic mass is 10.2. The normalized spacial score (nSPS) is 12.5. The van der Waals surface area contributed by atoms with Gasteiger partial charge >= 0.3 is 0 Å². The molecular weight excluding hydrogens is 212 g/mol. The zero-order valence-corrected chi connectivity index (χ0v) is 8.70. The molecule has 0 fully saturated rings. The molecule has 15 heavy (non-hydrogen) atoms. The fourth-order valence-electron chi connectivity index (χ4n) is 1.15. The number of benzene rings is 1. The molecule has 0 radical (unpaired) electrons. The van der Waals surface area contributed by atoms with Crippen LogP contribution in [0.4, 0.5) is 5.95 Å². The Kier molecular flexibility index (Phi) is 2.77. The molecule has 5 nitrogen and oxygen atoms in total. The van der Waals surface area contributed by atoms with E-state index in [1.807, 2.05) is 30.3 Å². The van der Waals surface area contributed by atoms with Crippen LogP contribution in [0.3, 0.4) is 0 Å². The van der Waals surface area contributed by atoms with Crippen molar-refractivity contribution in [2.45, 2.75) is 10.9 Å². The van der Waals surface area contributed by atoms with Crippen LogP contribution in [0.15, 0.2) is 35.5 Å². The lowest BCUT2D eigenvalue weighted by molar-refractivity contribution is 0.676. The van der Waals surface area contributed by atoms with E-state index in [0.29, 0.717) is 10.9 Å². The number of hydrogen-bond acceptors (Lipinski definition) is 4. The zero-order valence-electron chi connectivity index (χ0n) is 7.88. The SMILES string of the molecule is Nc1n[nH]c([S@@](=O)Cc2ccccc2)n1. The highest BCUT2D eigenvalue weighted by molar-refractivity contribution is 7.84. The topological polar surface area (TPSA) is 84.7 Å². The Morgan fingerprint density at radius 1 is 1.33 bits per heavy atom. The Morgan fingerprint density at radius 3 is 2.67 bits per heavy atom. The van der Waals surface area contributed by atoms with Crippen LogP contribution in [0, 0.1) is 0 Å². The molecule has 3 N–H and O–H groups in total. The van der Waals surface area contributed by atoms with Gasteiger partial charge in [-0.2, -0.15) is 4.98 Å². The average molecular weight is 222 g/mol. The first kappa shape index (κ1) is 9.85. The number of H-pyrrole nitrogens is 1. The van der Waals surface area contributed by atoms with Crippen LogP contribution in [0.2, 0.25) is 0 Å². The molecular formula is C9H10N4OS. The molecule has 1 atom stereocenters. The van der Waals surface area contributed by atoms with Crippen molar-refractivity contribution in [3.05, 3.63) is 35.9 Å². The van der Waals surface area contributed by atoms with Crippen LogP contribution < -0.4 is 5.73 Å². The maximum Gasteiger partial charge on any atom is 0.240 e. The Morgan fingerprint density at radius 2 is 2.07 bits per heavy atom. The summed E-state index contributed by atoms with van der Waals surface area (Å²) in [7, 11) is -1.22. The summed E-state index contributed by atoms with van der Waals surface area (Å²) >= 11 is 0. The maximum atomic E-state index is 11.7. The second-order valence-corrected chi connectivity index (χ2v) is 4.34. The first-order valence-electron chi connectivity index (χ1n) is 4.36. The Bertz CT molecular complexity index is 468. The molecule has 1 aromatic heterocycles. The molecule has 0 aliphatic heterocycles. The summed E-state index contributed by atoms with van der Waals surface area (Å²) in [5, 5.41) is 6.48. The van der Waals surface area contributed by atoms with E-state index in [0.717, 1.165) is 5.56 Å². The van der Waals surface area contributed by atoms with E-state index >= 15 is 0 Å². The van der Waals surface area contributed by atoms with E-state index in [1.54, 1.807) is 0 Å². The predicted octanol–water partition coefficient (Wildman–Crippen LogP) is 0.695. The van der Waals surface area contributed by atoms with Gasteiger partial charge in [-0.05, 0) is 5.56 Å². The quantitative estimate of drug-likeness (QED) is 0.800. The Hall–Kier alpha value is -1.69. The van der Waals surface area contributed by atoms with Gasteiger partial charge in [0.2, 0.25) is 11.1 Å². The smallest absolute Gasteiger partial charge is 0.240 e. The van der Waals surface area contributed by atoms with Crippen molar-refractivity contribution in [3.8, 4) is 0 Å². The van der Waals surface area contributed by atoms with E-state index in [2.05, 4.69) is 15.2 Å². The minimum Gasteiger partial charge on any atom is -0.366 e. The van der Waals surface area contributed by atoms with Gasteiger partial charge in [0.1, 0.15) is 0 Å². The third kappa shape index (κ3) is 2.41. The summed E-state index contributed by atoms with van der Waals surface area (Å²) in [6.45, 7) is 0. The van der Waals surface area contributed by atoms with E-state index in [4.69, 9.17) is 5.73 Å². The van der Waals surface area contributed by atoms with Gasteiger partial charge < -0.3 is 5.73 Å². The highest BCUT2D eigenvalue weighted by atomic mass is 32.2. The Labute approximate surface area is 89.2 Å². The van der Waals surface area contributed by atoms with Gasteiger partial charge in [-0.15, -0.1) is 5.10 Å². The monoisotopic (exact) mass is 222 g/mol. The molecule has 0 saturated heterocycles. The summed E-state index contributed by atoms with van der Waals surface area (Å²) in [6.07, 6.45) is 0. The predicted molar refractivity (Wildman–Crippen MR) is 57.3 cm³/mol. The molecule has 2 rings (SSSR count). The van der Waals surface area contributed by atoms with Crippen molar-refractivity contribution in [1.82, 2.24) is 15.2 Å². The molecule has 0 bridgehead atoms. The number of nitrogen functional groups attached to an aromatic ring is 1. The molecule has 1 aromatic carbocycles. The van der Waals surface area contributed by atoms with Crippen LogP contribution in [0.1, 0.15) is 5.56 Å². The fraction of sp³-hybridized carbons (Fsp3) is 0.111. The molecule has 6 heteroatoms. The number of nitrogens with one attached hydrogen (secondary N) is 1. The van der Waals surface area contributed by atoms with Gasteiger partial charge in [0.25, 0.3) is 0 Å². The number of aromatic nitrogens is 3. The summed E-state index contributed by atoms with van der Waals surface area (Å²) in [5.41, 5.74) is 6.31. The van der Waals surface area contributed by atoms with E-state index in [-0.39, 0.29) is 5.95 Å². The van der Waals surface area contributed by atoms with Crippen molar-refractivity contribution >= 4 is 16.7 Å². The number of nitrogens with two attached hydrogens (primary N) is 1. The number of anilines is 1. The third-order valence-electron chi connectivity index (χ3n) is 1.84. The van der Waals surface area contributed by atoms with Gasteiger partial charge in [-0.3, -0.25) is 9.31 Å². The minimum absolute atomic E-state index is 0.117. The van der Waals surface area contributed by atoms with E-state index in [9.17, 15) is 4.21 Å². The Balaban J connectivity index is 2.11. The van der Waals surface area contributed by atoms with Crippen LogP contribution >= 0.6 is 0 Å². The minimum atomic E-state index is -1.22. The van der Waals surface area contributed by atoms with Gasteiger partial charge in [-0.25, -0.2) is 0 Å². The van der Waals surface area contributed by atoms with Crippen molar-refractivity contribution in [2.75, 3.05) is 5.73 Å². The molecule has 2 aromatic rings. The molecule has 0 aliphatic rings. The number of nitrogens with zero attached hydrogens (tertiary/aromatic N) is 2. The summed E-state index contributed by atoms with van der Waals surface area (Å²) in [5.74, 6) is 0.529. The molecule has 0 unspecified atom stereocenters. The van der Waals surface area contributed by atoms with Crippen LogP contribution in [0.25, 0.3) is 0 Å². The second-order valence-electron chi connectivity index (χ2n) is 2.97. The second kappa shape index (κ2) is 4.22. The lowest BCUT2D eigenvalue weighted by Crippen LogP contribution is -1.98. The number of rotatable bonds is 3. The largest absolute Gasteiger partial charge is 0.366 e. The molecule has 0 spiro atoms. The van der Waals surface area contributed by atoms with Crippen molar-refractivity contribution in [2.24, 2.45) is 0 Å². The molecule has 1 heterocycles. The lowest BCUT2D eigenvalue weighted by Gasteiger charge is -1.97. The molecule has 78 valence electrons. The molecule has 0 saturated carbocycles. The standard InChI is InChI=1S/C9H10N4OS/c10-8-11-9(13-12-8)15(14)6-7-4-2-1-3-5-7/h1-5H,6H2,(H3,10,11,12,13)/t15-/m0/s1. The van der Waals surface area contributed by atoms with Gasteiger partial charge in [0, 0.05) is 0 Å². The van der Waals surface area contributed by atoms with Crippen LogP contribution in [0.5, 0.6) is 0 Å². The summed E-state index contributed by atoms with van der Waals surface area (Å²) in [6, 6.07) is 9.55. The summed E-state index contributed by atoms with van der Waals surface area (Å²) in [4.78, 5) is 3.82. The maximum absolute atomic E-state index is 11.7. The molecule has 0 amide bonds. The number of aromatic amines is 1.